The third-order valence-corrected chi connectivity index (χ3v) is 6.41. The Hall–Kier alpha value is -3.28. The Morgan fingerprint density at radius 2 is 1.67 bits per heavy atom. The Kier molecular flexibility index (Phi) is 7.72. The van der Waals surface area contributed by atoms with Crippen molar-refractivity contribution in [1.82, 2.24) is 24.6 Å². The minimum atomic E-state index is -0.554. The van der Waals surface area contributed by atoms with Gasteiger partial charge in [-0.2, -0.15) is 15.1 Å². The molecule has 0 aliphatic carbocycles. The fourth-order valence-electron chi connectivity index (χ4n) is 4.41. The quantitative estimate of drug-likeness (QED) is 0.513. The highest BCUT2D eigenvalue weighted by molar-refractivity contribution is 5.85. The zero-order valence-corrected chi connectivity index (χ0v) is 20.7. The van der Waals surface area contributed by atoms with Gasteiger partial charge in [-0.15, -0.1) is 12.4 Å². The van der Waals surface area contributed by atoms with Crippen molar-refractivity contribution in [2.45, 2.75) is 13.0 Å². The summed E-state index contributed by atoms with van der Waals surface area (Å²) >= 11 is 0. The van der Waals surface area contributed by atoms with Crippen LogP contribution in [0.4, 0.5) is 26.2 Å². The molecule has 3 N–H and O–H groups in total. The van der Waals surface area contributed by atoms with Crippen molar-refractivity contribution in [3.05, 3.63) is 59.4 Å². The molecule has 0 radical (unpaired) electrons. The Morgan fingerprint density at radius 3 is 2.33 bits per heavy atom. The Bertz CT molecular complexity index is 1220. The van der Waals surface area contributed by atoms with Gasteiger partial charge in [0.15, 0.2) is 5.82 Å². The number of anilines is 3. The van der Waals surface area contributed by atoms with Gasteiger partial charge >= 0.3 is 0 Å². The summed E-state index contributed by atoms with van der Waals surface area (Å²) < 4.78 is 28.8. The highest BCUT2D eigenvalue weighted by Gasteiger charge is 2.26. The SMILES string of the molecule is Cc1c(C=CCN2CCN(c3cc(F)cc(F)c3)CC2)cnn1-c1cc(N2CC(O)C2)nc(N)n1.Cl. The number of hydrogen-bond donors (Lipinski definition) is 2. The van der Waals surface area contributed by atoms with Crippen LogP contribution in [-0.4, -0.2) is 81.7 Å². The van der Waals surface area contributed by atoms with Gasteiger partial charge in [0.1, 0.15) is 17.5 Å². The Morgan fingerprint density at radius 1 is 1.00 bits per heavy atom. The van der Waals surface area contributed by atoms with Gasteiger partial charge in [-0.1, -0.05) is 12.2 Å². The molecule has 3 aromatic rings. The second kappa shape index (κ2) is 10.8. The van der Waals surface area contributed by atoms with E-state index >= 15 is 0 Å². The van der Waals surface area contributed by atoms with E-state index in [0.29, 0.717) is 43.5 Å². The average Bonchev–Trinajstić information content (AvgIpc) is 3.16. The molecular weight excluding hydrogens is 490 g/mol. The maximum Gasteiger partial charge on any atom is 0.224 e. The first-order valence-corrected chi connectivity index (χ1v) is 11.6. The third-order valence-electron chi connectivity index (χ3n) is 6.41. The van der Waals surface area contributed by atoms with Gasteiger partial charge in [-0.25, -0.2) is 13.5 Å². The van der Waals surface area contributed by atoms with E-state index in [1.165, 1.54) is 12.1 Å². The van der Waals surface area contributed by atoms with E-state index in [-0.39, 0.29) is 24.5 Å². The van der Waals surface area contributed by atoms with Crippen LogP contribution in [0, 0.1) is 18.6 Å². The summed E-state index contributed by atoms with van der Waals surface area (Å²) in [6, 6.07) is 5.46. The second-order valence-electron chi connectivity index (χ2n) is 8.92. The Labute approximate surface area is 214 Å². The van der Waals surface area contributed by atoms with Crippen molar-refractivity contribution < 1.29 is 13.9 Å². The molecule has 5 rings (SSSR count). The molecule has 0 spiro atoms. The van der Waals surface area contributed by atoms with Crippen molar-refractivity contribution in [3.63, 3.8) is 0 Å². The maximum atomic E-state index is 13.5. The van der Waals surface area contributed by atoms with Crippen molar-refractivity contribution in [2.24, 2.45) is 0 Å². The first kappa shape index (κ1) is 25.8. The molecule has 0 saturated carbocycles. The van der Waals surface area contributed by atoms with Crippen LogP contribution in [0.3, 0.4) is 0 Å². The largest absolute Gasteiger partial charge is 0.389 e. The summed E-state index contributed by atoms with van der Waals surface area (Å²) in [7, 11) is 0. The summed E-state index contributed by atoms with van der Waals surface area (Å²) in [5, 5.41) is 14.0. The van der Waals surface area contributed by atoms with Crippen LogP contribution in [0.15, 0.2) is 36.5 Å². The Balaban J connectivity index is 0.00000304. The highest BCUT2D eigenvalue weighted by Crippen LogP contribution is 2.23. The van der Waals surface area contributed by atoms with Crippen molar-refractivity contribution in [3.8, 4) is 5.82 Å². The van der Waals surface area contributed by atoms with Crippen LogP contribution in [0.1, 0.15) is 11.3 Å². The first-order chi connectivity index (χ1) is 16.9. The van der Waals surface area contributed by atoms with Gasteiger partial charge in [0, 0.05) is 69.2 Å². The molecule has 2 aliphatic heterocycles. The summed E-state index contributed by atoms with van der Waals surface area (Å²) in [5.41, 5.74) is 8.39. The fourth-order valence-corrected chi connectivity index (χ4v) is 4.41. The van der Waals surface area contributed by atoms with E-state index in [2.05, 4.69) is 26.0 Å². The number of halogens is 3. The minimum absolute atomic E-state index is 0. The molecule has 12 heteroatoms. The standard InChI is InChI=1S/C24H28F2N8O.ClH/c1-16-17(13-28-34(16)23-12-22(29-24(27)30-23)33-14-21(35)15-33)3-2-4-31-5-7-32(8-6-31)20-10-18(25)9-19(26)11-20;/h2-3,9-13,21,35H,4-8,14-15H2,1H3,(H2,27,29,30);1H. The fraction of sp³-hybridized carbons (Fsp3) is 0.375. The molecule has 1 aromatic carbocycles. The number of β-amino-alcohol motifs (C(OH)–C–C–N with tert-alkyl or cyclic N) is 1. The number of nitrogen functional groups attached to an aromatic ring is 1. The van der Waals surface area contributed by atoms with Gasteiger partial charge in [0.05, 0.1) is 18.0 Å². The molecule has 192 valence electrons. The van der Waals surface area contributed by atoms with Crippen molar-refractivity contribution in [1.29, 1.82) is 0 Å². The number of hydrogen-bond acceptors (Lipinski definition) is 8. The molecule has 2 fully saturated rings. The summed E-state index contributed by atoms with van der Waals surface area (Å²) in [5.74, 6) is 0.301. The summed E-state index contributed by atoms with van der Waals surface area (Å²) in [4.78, 5) is 14.8. The molecule has 0 unspecified atom stereocenters. The number of benzene rings is 1. The van der Waals surface area contributed by atoms with E-state index in [1.54, 1.807) is 10.9 Å². The number of aliphatic hydroxyl groups excluding tert-OH is 1. The van der Waals surface area contributed by atoms with Crippen molar-refractivity contribution in [2.75, 3.05) is 61.3 Å². The topological polar surface area (TPSA) is 99.6 Å². The zero-order chi connectivity index (χ0) is 24.5. The average molecular weight is 519 g/mol. The van der Waals surface area contributed by atoms with Gasteiger partial charge in [0.2, 0.25) is 5.95 Å². The second-order valence-corrected chi connectivity index (χ2v) is 8.92. The highest BCUT2D eigenvalue weighted by atomic mass is 35.5. The molecule has 2 aromatic heterocycles. The van der Waals surface area contributed by atoms with Gasteiger partial charge < -0.3 is 20.6 Å². The monoisotopic (exact) mass is 518 g/mol. The van der Waals surface area contributed by atoms with Gasteiger partial charge in [0.25, 0.3) is 0 Å². The number of piperazine rings is 1. The third kappa shape index (κ3) is 5.58. The maximum absolute atomic E-state index is 13.5. The van der Waals surface area contributed by atoms with E-state index in [0.717, 1.165) is 37.0 Å². The molecule has 36 heavy (non-hydrogen) atoms. The first-order valence-electron chi connectivity index (χ1n) is 11.6. The van der Waals surface area contributed by atoms with Crippen LogP contribution >= 0.6 is 12.4 Å². The lowest BCUT2D eigenvalue weighted by Crippen LogP contribution is -2.51. The summed E-state index contributed by atoms with van der Waals surface area (Å²) in [6.07, 6.45) is 5.57. The van der Waals surface area contributed by atoms with Crippen LogP contribution in [0.25, 0.3) is 11.9 Å². The van der Waals surface area contributed by atoms with Crippen LogP contribution in [-0.2, 0) is 0 Å². The van der Waals surface area contributed by atoms with Crippen molar-refractivity contribution >= 4 is 35.9 Å². The van der Waals surface area contributed by atoms with Crippen LogP contribution in [0.2, 0.25) is 0 Å². The van der Waals surface area contributed by atoms with E-state index in [4.69, 9.17) is 5.73 Å². The molecule has 0 amide bonds. The summed E-state index contributed by atoms with van der Waals surface area (Å²) in [6.45, 7) is 6.79. The lowest BCUT2D eigenvalue weighted by molar-refractivity contribution is 0.141. The zero-order valence-electron chi connectivity index (χ0n) is 19.9. The normalized spacial score (nSPS) is 16.9. The van der Waals surface area contributed by atoms with E-state index in [9.17, 15) is 13.9 Å². The van der Waals surface area contributed by atoms with Gasteiger partial charge in [-0.05, 0) is 19.1 Å². The molecule has 0 atom stereocenters. The number of rotatable bonds is 6. The number of nitrogens with two attached hydrogens (primary N) is 1. The lowest BCUT2D eigenvalue weighted by Gasteiger charge is -2.36. The van der Waals surface area contributed by atoms with Crippen LogP contribution in [0.5, 0.6) is 0 Å². The molecule has 9 nitrogen and oxygen atoms in total. The molecule has 4 heterocycles. The van der Waals surface area contributed by atoms with Crippen LogP contribution < -0.4 is 15.5 Å². The predicted molar refractivity (Wildman–Crippen MR) is 138 cm³/mol. The smallest absolute Gasteiger partial charge is 0.224 e. The predicted octanol–water partition coefficient (Wildman–Crippen LogP) is 2.27. The molecule has 2 saturated heterocycles. The van der Waals surface area contributed by atoms with E-state index in [1.807, 2.05) is 28.9 Å². The number of nitrogens with zero attached hydrogens (tertiary/aromatic N) is 7. The van der Waals surface area contributed by atoms with E-state index < -0.39 is 11.6 Å². The molecule has 2 aliphatic rings. The minimum Gasteiger partial charge on any atom is -0.389 e. The molecular formula is C24H29ClF2N8O. The molecule has 0 bridgehead atoms. The van der Waals surface area contributed by atoms with Gasteiger partial charge in [-0.3, -0.25) is 4.90 Å². The lowest BCUT2D eigenvalue weighted by atomic mass is 10.2. The number of aromatic nitrogens is 4. The number of aliphatic hydroxyl groups is 1.